The van der Waals surface area contributed by atoms with Crippen molar-refractivity contribution in [2.75, 3.05) is 5.32 Å². The van der Waals surface area contributed by atoms with Gasteiger partial charge in [-0.2, -0.15) is 13.2 Å². The van der Waals surface area contributed by atoms with E-state index in [0.717, 1.165) is 4.70 Å². The first-order valence-electron chi connectivity index (χ1n) is 5.31. The van der Waals surface area contributed by atoms with Crippen molar-refractivity contribution in [2.24, 2.45) is 0 Å². The topological polar surface area (TPSA) is 24.9 Å². The van der Waals surface area contributed by atoms with Crippen molar-refractivity contribution in [3.63, 3.8) is 0 Å². The molecule has 1 saturated carbocycles. The molecule has 1 aliphatic carbocycles. The molecule has 1 heterocycles. The molecule has 0 spiro atoms. The first-order valence-corrected chi connectivity index (χ1v) is 6.50. The van der Waals surface area contributed by atoms with Gasteiger partial charge in [-0.05, 0) is 31.0 Å². The van der Waals surface area contributed by atoms with Crippen LogP contribution in [0, 0.1) is 0 Å². The maximum atomic E-state index is 12.8. The summed E-state index contributed by atoms with van der Waals surface area (Å²) in [5.74, 6) is 0. The van der Waals surface area contributed by atoms with Gasteiger partial charge in [0.25, 0.3) is 0 Å². The Balaban J connectivity index is 1.92. The number of hydrogen-bond acceptors (Lipinski definition) is 3. The van der Waals surface area contributed by atoms with Gasteiger partial charge in [0.2, 0.25) is 0 Å². The molecule has 18 heavy (non-hydrogen) atoms. The number of thiazole rings is 1. The molecule has 2 nitrogen and oxygen atoms in total. The van der Waals surface area contributed by atoms with Crippen LogP contribution in [0.5, 0.6) is 0 Å². The minimum absolute atomic E-state index is 0.104. The molecular weight excluding hydrogens is 285 g/mol. The summed E-state index contributed by atoms with van der Waals surface area (Å²) in [7, 11) is 0. The lowest BCUT2D eigenvalue weighted by Gasteiger charge is -2.19. The average molecular weight is 293 g/mol. The molecule has 1 aromatic heterocycles. The van der Waals surface area contributed by atoms with E-state index >= 15 is 0 Å². The summed E-state index contributed by atoms with van der Waals surface area (Å²) in [5, 5.41) is 3.34. The molecule has 7 heteroatoms. The van der Waals surface area contributed by atoms with Crippen molar-refractivity contribution >= 4 is 38.3 Å². The van der Waals surface area contributed by atoms with Gasteiger partial charge in [-0.3, -0.25) is 0 Å². The van der Waals surface area contributed by atoms with E-state index in [-0.39, 0.29) is 12.8 Å². The Bertz CT molecular complexity index is 604. The van der Waals surface area contributed by atoms with Gasteiger partial charge in [0.15, 0.2) is 5.13 Å². The average Bonchev–Trinajstić information content (AvgIpc) is 2.92. The van der Waals surface area contributed by atoms with Gasteiger partial charge < -0.3 is 5.32 Å². The Labute approximate surface area is 110 Å². The third-order valence-electron chi connectivity index (χ3n) is 2.99. The molecule has 1 N–H and O–H groups in total. The summed E-state index contributed by atoms with van der Waals surface area (Å²) < 4.78 is 39.2. The number of nitrogens with one attached hydrogen (secondary N) is 1. The van der Waals surface area contributed by atoms with Gasteiger partial charge in [-0.25, -0.2) is 4.98 Å². The lowest BCUT2D eigenvalue weighted by molar-refractivity contribution is -0.151. The number of alkyl halides is 3. The minimum Gasteiger partial charge on any atom is -0.347 e. The fraction of sp³-hybridized carbons (Fsp3) is 0.364. The quantitative estimate of drug-likeness (QED) is 0.884. The van der Waals surface area contributed by atoms with E-state index < -0.39 is 11.7 Å². The van der Waals surface area contributed by atoms with E-state index in [1.807, 2.05) is 0 Å². The zero-order valence-corrected chi connectivity index (χ0v) is 10.6. The Morgan fingerprint density at radius 3 is 2.67 bits per heavy atom. The molecular formula is C11H8ClF3N2S. The number of aromatic nitrogens is 1. The largest absolute Gasteiger partial charge is 0.411 e. The lowest BCUT2D eigenvalue weighted by Crippen LogP contribution is -2.38. The number of halogens is 4. The first-order chi connectivity index (χ1) is 8.40. The van der Waals surface area contributed by atoms with E-state index in [9.17, 15) is 13.2 Å². The smallest absolute Gasteiger partial charge is 0.347 e. The molecule has 1 aliphatic rings. The molecule has 0 atom stereocenters. The Hall–Kier alpha value is -1.01. The van der Waals surface area contributed by atoms with Crippen molar-refractivity contribution in [1.29, 1.82) is 0 Å². The molecule has 96 valence electrons. The SMILES string of the molecule is FC(F)(F)C1(Nc2nc3cc(Cl)ccc3s2)CC1. The number of anilines is 1. The van der Waals surface area contributed by atoms with E-state index in [1.165, 1.54) is 11.3 Å². The predicted molar refractivity (Wildman–Crippen MR) is 66.3 cm³/mol. The normalized spacial score (nSPS) is 18.0. The van der Waals surface area contributed by atoms with Crippen molar-refractivity contribution in [1.82, 2.24) is 4.98 Å². The van der Waals surface area contributed by atoms with E-state index in [1.54, 1.807) is 18.2 Å². The van der Waals surface area contributed by atoms with E-state index in [4.69, 9.17) is 11.6 Å². The third-order valence-corrected chi connectivity index (χ3v) is 4.18. The van der Waals surface area contributed by atoms with Crippen LogP contribution in [0.4, 0.5) is 18.3 Å². The van der Waals surface area contributed by atoms with Gasteiger partial charge in [0, 0.05) is 5.02 Å². The Morgan fingerprint density at radius 2 is 2.06 bits per heavy atom. The highest BCUT2D eigenvalue weighted by Gasteiger charge is 2.63. The van der Waals surface area contributed by atoms with Crippen LogP contribution >= 0.6 is 22.9 Å². The second-order valence-electron chi connectivity index (χ2n) is 4.34. The van der Waals surface area contributed by atoms with Crippen LogP contribution in [-0.2, 0) is 0 Å². The number of nitrogens with zero attached hydrogens (tertiary/aromatic N) is 1. The van der Waals surface area contributed by atoms with Gasteiger partial charge >= 0.3 is 6.18 Å². The van der Waals surface area contributed by atoms with Crippen LogP contribution in [0.25, 0.3) is 10.2 Å². The van der Waals surface area contributed by atoms with E-state index in [2.05, 4.69) is 10.3 Å². The summed E-state index contributed by atoms with van der Waals surface area (Å²) in [4.78, 5) is 4.14. The van der Waals surface area contributed by atoms with Gasteiger partial charge in [0.05, 0.1) is 10.2 Å². The first kappa shape index (κ1) is 12.0. The van der Waals surface area contributed by atoms with Crippen LogP contribution in [-0.4, -0.2) is 16.7 Å². The Kier molecular flexibility index (Phi) is 2.50. The molecule has 0 unspecified atom stereocenters. The van der Waals surface area contributed by atoms with Crippen molar-refractivity contribution in [3.05, 3.63) is 23.2 Å². The fourth-order valence-electron chi connectivity index (χ4n) is 1.76. The zero-order chi connectivity index (χ0) is 13.0. The van der Waals surface area contributed by atoms with Crippen LogP contribution in [0.2, 0.25) is 5.02 Å². The lowest BCUT2D eigenvalue weighted by atomic mass is 10.3. The number of benzene rings is 1. The number of fused-ring (bicyclic) bond motifs is 1. The maximum Gasteiger partial charge on any atom is 0.411 e. The summed E-state index contributed by atoms with van der Waals surface area (Å²) >= 11 is 7.02. The zero-order valence-electron chi connectivity index (χ0n) is 9.01. The van der Waals surface area contributed by atoms with Gasteiger partial charge in [0.1, 0.15) is 5.54 Å². The number of hydrogen-bond donors (Lipinski definition) is 1. The van der Waals surface area contributed by atoms with Crippen molar-refractivity contribution < 1.29 is 13.2 Å². The number of rotatable bonds is 2. The van der Waals surface area contributed by atoms with Gasteiger partial charge in [-0.1, -0.05) is 22.9 Å². The molecule has 0 bridgehead atoms. The highest BCUT2D eigenvalue weighted by atomic mass is 35.5. The molecule has 1 aromatic carbocycles. The molecule has 0 radical (unpaired) electrons. The maximum absolute atomic E-state index is 12.8. The molecule has 2 aromatic rings. The standard InChI is InChI=1S/C11H8ClF3N2S/c12-6-1-2-8-7(5-6)16-9(18-8)17-10(3-4-10)11(13,14)15/h1-2,5H,3-4H2,(H,16,17). The molecule has 3 rings (SSSR count). The Morgan fingerprint density at radius 1 is 1.33 bits per heavy atom. The molecule has 1 fully saturated rings. The summed E-state index contributed by atoms with van der Waals surface area (Å²) in [6, 6.07) is 5.10. The molecule has 0 aliphatic heterocycles. The predicted octanol–water partition coefficient (Wildman–Crippen LogP) is 4.46. The van der Waals surface area contributed by atoms with Crippen LogP contribution in [0.3, 0.4) is 0 Å². The second-order valence-corrected chi connectivity index (χ2v) is 5.80. The minimum atomic E-state index is -4.23. The van der Waals surface area contributed by atoms with Crippen molar-refractivity contribution in [2.45, 2.75) is 24.6 Å². The summed E-state index contributed by atoms with van der Waals surface area (Å²) in [6.45, 7) is 0. The van der Waals surface area contributed by atoms with Crippen molar-refractivity contribution in [3.8, 4) is 0 Å². The second kappa shape index (κ2) is 3.74. The summed E-state index contributed by atoms with van der Waals surface area (Å²) in [6.07, 6.45) is -4.02. The fourth-order valence-corrected chi connectivity index (χ4v) is 2.87. The van der Waals surface area contributed by atoms with Crippen LogP contribution < -0.4 is 5.32 Å². The van der Waals surface area contributed by atoms with E-state index in [0.29, 0.717) is 15.7 Å². The van der Waals surface area contributed by atoms with Crippen LogP contribution in [0.1, 0.15) is 12.8 Å². The monoisotopic (exact) mass is 292 g/mol. The third kappa shape index (κ3) is 1.93. The highest BCUT2D eigenvalue weighted by molar-refractivity contribution is 7.22. The molecule has 0 saturated heterocycles. The molecule has 0 amide bonds. The van der Waals surface area contributed by atoms with Gasteiger partial charge in [-0.15, -0.1) is 0 Å². The highest BCUT2D eigenvalue weighted by Crippen LogP contribution is 2.51. The summed E-state index contributed by atoms with van der Waals surface area (Å²) in [5.41, 5.74) is -1.15. The van der Waals surface area contributed by atoms with Crippen LogP contribution in [0.15, 0.2) is 18.2 Å².